The molecule has 0 rings (SSSR count). The molecule has 0 fully saturated rings. The van der Waals surface area contributed by atoms with Crippen LogP contribution in [-0.4, -0.2) is 7.05 Å². The summed E-state index contributed by atoms with van der Waals surface area (Å²) >= 11 is 0. The fraction of sp³-hybridized carbons (Fsp3) is 0.571. The first-order valence-electron chi connectivity index (χ1n) is 5.38. The molecule has 0 aromatic rings. The smallest absolute Gasteiger partial charge is 0.0255 e. The fourth-order valence-corrected chi connectivity index (χ4v) is 1.82. The van der Waals surface area contributed by atoms with Crippen molar-refractivity contribution in [1.82, 2.24) is 5.32 Å². The molecule has 0 spiro atoms. The summed E-state index contributed by atoms with van der Waals surface area (Å²) in [5, 5.41) is 3.23. The van der Waals surface area contributed by atoms with E-state index in [-0.39, 0.29) is 10.8 Å². The van der Waals surface area contributed by atoms with Crippen LogP contribution < -0.4 is 5.32 Å². The molecule has 0 saturated carbocycles. The molecular formula is C14H25N. The molecule has 0 saturated heterocycles. The minimum absolute atomic E-state index is 0.0544. The Morgan fingerprint density at radius 1 is 1.13 bits per heavy atom. The predicted molar refractivity (Wildman–Crippen MR) is 69.7 cm³/mol. The van der Waals surface area contributed by atoms with Gasteiger partial charge in [-0.15, -0.1) is 0 Å². The van der Waals surface area contributed by atoms with Gasteiger partial charge in [0.15, 0.2) is 0 Å². The second kappa shape index (κ2) is 4.69. The fourth-order valence-electron chi connectivity index (χ4n) is 1.82. The quantitative estimate of drug-likeness (QED) is 0.544. The zero-order chi connectivity index (χ0) is 12.3. The number of allylic oxidation sites excluding steroid dienone is 3. The van der Waals surface area contributed by atoms with E-state index >= 15 is 0 Å². The van der Waals surface area contributed by atoms with Gasteiger partial charge in [-0.05, 0) is 11.5 Å². The van der Waals surface area contributed by atoms with Gasteiger partial charge in [-0.3, -0.25) is 0 Å². The summed E-state index contributed by atoms with van der Waals surface area (Å²) in [5.74, 6) is 0. The van der Waals surface area contributed by atoms with E-state index in [0.717, 1.165) is 5.70 Å². The Bertz CT molecular complexity index is 274. The third-order valence-corrected chi connectivity index (χ3v) is 2.89. The summed E-state index contributed by atoms with van der Waals surface area (Å²) < 4.78 is 0. The Morgan fingerprint density at radius 2 is 1.60 bits per heavy atom. The van der Waals surface area contributed by atoms with Gasteiger partial charge in [-0.25, -0.2) is 0 Å². The van der Waals surface area contributed by atoms with Gasteiger partial charge in [-0.2, -0.15) is 0 Å². The van der Waals surface area contributed by atoms with E-state index in [1.165, 1.54) is 5.57 Å². The Hall–Kier alpha value is -0.980. The number of rotatable bonds is 4. The van der Waals surface area contributed by atoms with Crippen molar-refractivity contribution in [3.8, 4) is 0 Å². The highest BCUT2D eigenvalue weighted by Gasteiger charge is 2.32. The van der Waals surface area contributed by atoms with Gasteiger partial charge in [0.05, 0.1) is 0 Å². The minimum atomic E-state index is -0.0544. The molecule has 1 nitrogen and oxygen atoms in total. The van der Waals surface area contributed by atoms with Crippen LogP contribution in [0.3, 0.4) is 0 Å². The van der Waals surface area contributed by atoms with Gasteiger partial charge >= 0.3 is 0 Å². The lowest BCUT2D eigenvalue weighted by Gasteiger charge is -2.37. The maximum absolute atomic E-state index is 4.23. The Morgan fingerprint density at radius 3 is 1.87 bits per heavy atom. The third kappa shape index (κ3) is 3.26. The molecule has 0 aliphatic rings. The first-order valence-corrected chi connectivity index (χ1v) is 5.38. The third-order valence-electron chi connectivity index (χ3n) is 2.89. The van der Waals surface area contributed by atoms with Crippen LogP contribution >= 0.6 is 0 Å². The van der Waals surface area contributed by atoms with Gasteiger partial charge < -0.3 is 5.32 Å². The topological polar surface area (TPSA) is 12.0 Å². The second-order valence-corrected chi connectivity index (χ2v) is 5.42. The molecule has 0 aliphatic carbocycles. The van der Waals surface area contributed by atoms with E-state index < -0.39 is 0 Å². The lowest BCUT2D eigenvalue weighted by Crippen LogP contribution is -2.31. The van der Waals surface area contributed by atoms with E-state index in [1.807, 2.05) is 19.2 Å². The van der Waals surface area contributed by atoms with Crippen LogP contribution in [0, 0.1) is 10.8 Å². The van der Waals surface area contributed by atoms with E-state index in [1.54, 1.807) is 0 Å². The van der Waals surface area contributed by atoms with Crippen molar-refractivity contribution >= 4 is 0 Å². The zero-order valence-corrected chi connectivity index (χ0v) is 11.1. The molecule has 0 aromatic carbocycles. The molecule has 0 aromatic heterocycles. The van der Waals surface area contributed by atoms with Gasteiger partial charge in [0.1, 0.15) is 0 Å². The number of hydrogen-bond acceptors (Lipinski definition) is 1. The lowest BCUT2D eigenvalue weighted by atomic mass is 9.70. The normalized spacial score (nSPS) is 13.6. The van der Waals surface area contributed by atoms with Gasteiger partial charge in [0, 0.05) is 18.2 Å². The van der Waals surface area contributed by atoms with Gasteiger partial charge in [0.2, 0.25) is 0 Å². The van der Waals surface area contributed by atoms with Crippen LogP contribution in [0.15, 0.2) is 36.6 Å². The first kappa shape index (κ1) is 14.0. The second-order valence-electron chi connectivity index (χ2n) is 5.42. The summed E-state index contributed by atoms with van der Waals surface area (Å²) in [5.41, 5.74) is 2.43. The van der Waals surface area contributed by atoms with Crippen molar-refractivity contribution in [1.29, 1.82) is 0 Å². The van der Waals surface area contributed by atoms with Crippen LogP contribution in [0.1, 0.15) is 34.6 Å². The van der Waals surface area contributed by atoms with Crippen molar-refractivity contribution in [3.63, 3.8) is 0 Å². The molecule has 0 amide bonds. The Labute approximate surface area is 95.0 Å². The van der Waals surface area contributed by atoms with Crippen LogP contribution in [0.2, 0.25) is 0 Å². The van der Waals surface area contributed by atoms with Crippen molar-refractivity contribution in [3.05, 3.63) is 36.6 Å². The van der Waals surface area contributed by atoms with Crippen molar-refractivity contribution in [2.24, 2.45) is 10.8 Å². The van der Waals surface area contributed by atoms with E-state index in [9.17, 15) is 0 Å². The number of nitrogens with one attached hydrogen (secondary N) is 1. The molecule has 0 bridgehead atoms. The van der Waals surface area contributed by atoms with Crippen LogP contribution in [0.4, 0.5) is 0 Å². The standard InChI is InChI=1S/C14H25N/c1-9-10-12(15-8)14(6,7)11(2)13(3,4)5/h9-10,15H,1-2H2,3-8H3/b12-10-. The van der Waals surface area contributed by atoms with Crippen LogP contribution in [-0.2, 0) is 0 Å². The van der Waals surface area contributed by atoms with E-state index in [4.69, 9.17) is 0 Å². The van der Waals surface area contributed by atoms with E-state index in [2.05, 4.69) is 53.1 Å². The average Bonchev–Trinajstić information content (AvgIpc) is 2.11. The molecule has 15 heavy (non-hydrogen) atoms. The summed E-state index contributed by atoms with van der Waals surface area (Å²) in [6.07, 6.45) is 3.82. The molecule has 1 heteroatoms. The molecule has 0 heterocycles. The summed E-state index contributed by atoms with van der Waals surface area (Å²) in [6, 6.07) is 0. The summed E-state index contributed by atoms with van der Waals surface area (Å²) in [7, 11) is 1.94. The van der Waals surface area contributed by atoms with Crippen molar-refractivity contribution in [2.75, 3.05) is 7.05 Å². The average molecular weight is 207 g/mol. The van der Waals surface area contributed by atoms with Crippen molar-refractivity contribution in [2.45, 2.75) is 34.6 Å². The monoisotopic (exact) mass is 207 g/mol. The molecule has 0 radical (unpaired) electrons. The SMILES string of the molecule is C=C/C=C(\NC)C(C)(C)C(=C)C(C)(C)C. The highest BCUT2D eigenvalue weighted by molar-refractivity contribution is 5.29. The molecule has 0 unspecified atom stereocenters. The van der Waals surface area contributed by atoms with Gasteiger partial charge in [0.25, 0.3) is 0 Å². The molecular weight excluding hydrogens is 182 g/mol. The first-order chi connectivity index (χ1) is 6.67. The van der Waals surface area contributed by atoms with Gasteiger partial charge in [-0.1, -0.05) is 59.4 Å². The number of hydrogen-bond donors (Lipinski definition) is 1. The van der Waals surface area contributed by atoms with Crippen LogP contribution in [0.25, 0.3) is 0 Å². The molecule has 1 N–H and O–H groups in total. The molecule has 0 aliphatic heterocycles. The van der Waals surface area contributed by atoms with Crippen LogP contribution in [0.5, 0.6) is 0 Å². The highest BCUT2D eigenvalue weighted by Crippen LogP contribution is 2.42. The maximum atomic E-state index is 4.23. The summed E-state index contributed by atoms with van der Waals surface area (Å²) in [6.45, 7) is 18.9. The Balaban J connectivity index is 5.20. The van der Waals surface area contributed by atoms with Crippen molar-refractivity contribution < 1.29 is 0 Å². The highest BCUT2D eigenvalue weighted by atomic mass is 14.9. The zero-order valence-electron chi connectivity index (χ0n) is 11.1. The minimum Gasteiger partial charge on any atom is -0.391 e. The Kier molecular flexibility index (Phi) is 4.39. The molecule has 0 atom stereocenters. The summed E-state index contributed by atoms with van der Waals surface area (Å²) in [4.78, 5) is 0. The lowest BCUT2D eigenvalue weighted by molar-refractivity contribution is 0.370. The largest absolute Gasteiger partial charge is 0.391 e. The maximum Gasteiger partial charge on any atom is 0.0255 e. The molecule has 86 valence electrons. The van der Waals surface area contributed by atoms with E-state index in [0.29, 0.717) is 0 Å². The predicted octanol–water partition coefficient (Wildman–Crippen LogP) is 3.90.